The fraction of sp³-hybridized carbons (Fsp3) is 0.286. The zero-order valence-electron chi connectivity index (χ0n) is 11.6. The summed E-state index contributed by atoms with van der Waals surface area (Å²) in [5.74, 6) is -0.499. The zero-order valence-corrected chi connectivity index (χ0v) is 11.6. The number of ether oxygens (including phenoxy) is 1. The van der Waals surface area contributed by atoms with Crippen molar-refractivity contribution in [1.82, 2.24) is 0 Å². The van der Waals surface area contributed by atoms with Gasteiger partial charge in [-0.25, -0.2) is 9.79 Å². The van der Waals surface area contributed by atoms with Crippen LogP contribution in [0.3, 0.4) is 0 Å². The maximum Gasteiger partial charge on any atom is 0.337 e. The summed E-state index contributed by atoms with van der Waals surface area (Å²) in [5, 5.41) is 8.78. The summed E-state index contributed by atoms with van der Waals surface area (Å²) in [4.78, 5) is 28.2. The topological polar surface area (TPSA) is 82.8 Å². The van der Waals surface area contributed by atoms with Crippen LogP contribution in [0, 0.1) is 11.3 Å². The predicted octanol–water partition coefficient (Wildman–Crippen LogP) is 2.07. The van der Waals surface area contributed by atoms with Gasteiger partial charge in [-0.3, -0.25) is 4.79 Å². The first-order valence-electron chi connectivity index (χ1n) is 5.97. The Morgan fingerprint density at radius 3 is 2.75 bits per heavy atom. The number of benzene rings is 1. The van der Waals surface area contributed by atoms with Crippen LogP contribution in [0.15, 0.2) is 23.2 Å². The Kier molecular flexibility index (Phi) is 5.42. The highest BCUT2D eigenvalue weighted by Gasteiger charge is 2.14. The number of carbonyl (C=O) groups is 2. The van der Waals surface area contributed by atoms with Gasteiger partial charge in [-0.05, 0) is 32.0 Å². The third-order valence-corrected chi connectivity index (χ3v) is 2.62. The van der Waals surface area contributed by atoms with Crippen molar-refractivity contribution in [2.45, 2.75) is 13.8 Å². The first-order chi connectivity index (χ1) is 9.57. The molecule has 0 saturated heterocycles. The molecule has 0 radical (unpaired) electrons. The van der Waals surface area contributed by atoms with E-state index < -0.39 is 5.97 Å². The highest BCUT2D eigenvalue weighted by molar-refractivity contribution is 6.00. The number of hydrogen-bond acceptors (Lipinski definition) is 5. The molecule has 1 aromatic rings. The van der Waals surface area contributed by atoms with E-state index in [0.717, 1.165) is 0 Å². The molecule has 1 amide bonds. The van der Waals surface area contributed by atoms with Gasteiger partial charge in [0.1, 0.15) is 11.8 Å². The van der Waals surface area contributed by atoms with E-state index >= 15 is 0 Å². The Bertz CT molecular complexity index is 588. The summed E-state index contributed by atoms with van der Waals surface area (Å²) in [6.45, 7) is 3.78. The Morgan fingerprint density at radius 2 is 2.25 bits per heavy atom. The lowest BCUT2D eigenvalue weighted by molar-refractivity contribution is -0.107. The molecule has 0 heterocycles. The number of carbonyl (C=O) groups excluding carboxylic acids is 2. The van der Waals surface area contributed by atoms with E-state index in [-0.39, 0.29) is 5.71 Å². The van der Waals surface area contributed by atoms with Gasteiger partial charge in [0.05, 0.1) is 24.0 Å². The highest BCUT2D eigenvalue weighted by atomic mass is 16.5. The third kappa shape index (κ3) is 3.42. The van der Waals surface area contributed by atoms with Crippen LogP contribution in [0.4, 0.5) is 11.4 Å². The average molecular weight is 273 g/mol. The summed E-state index contributed by atoms with van der Waals surface area (Å²) in [6, 6.07) is 6.55. The summed E-state index contributed by atoms with van der Waals surface area (Å²) in [6.07, 6.45) is 0.650. The van der Waals surface area contributed by atoms with Crippen LogP contribution in [-0.2, 0) is 9.53 Å². The largest absolute Gasteiger partial charge is 0.465 e. The molecule has 0 fully saturated rings. The van der Waals surface area contributed by atoms with Crippen LogP contribution in [0.1, 0.15) is 24.2 Å². The Hall–Kier alpha value is -2.68. The van der Waals surface area contributed by atoms with Crippen LogP contribution in [0.5, 0.6) is 0 Å². The Labute approximate surface area is 117 Å². The molecule has 0 spiro atoms. The number of amides is 1. The van der Waals surface area contributed by atoms with E-state index in [4.69, 9.17) is 5.26 Å². The first-order valence-corrected chi connectivity index (χ1v) is 5.97. The lowest BCUT2D eigenvalue weighted by atomic mass is 10.1. The van der Waals surface area contributed by atoms with E-state index in [1.54, 1.807) is 19.9 Å². The van der Waals surface area contributed by atoms with Crippen LogP contribution >= 0.6 is 0 Å². The van der Waals surface area contributed by atoms with E-state index in [1.807, 2.05) is 6.07 Å². The second-order valence-electron chi connectivity index (χ2n) is 3.90. The smallest absolute Gasteiger partial charge is 0.337 e. The summed E-state index contributed by atoms with van der Waals surface area (Å²) >= 11 is 0. The standard InChI is InChI=1S/C14H15N3O3/c1-4-17(9-18)13-7-11(14(19)20-3)5-6-12(13)16-10(2)8-15/h5-7,9H,4H2,1-3H3/b16-10+. The SMILES string of the molecule is CCN(C=O)c1cc(C(=O)OC)ccc1/N=C(\C)C#N. The van der Waals surface area contributed by atoms with Gasteiger partial charge in [-0.2, -0.15) is 5.26 Å². The molecule has 0 aromatic heterocycles. The molecule has 6 heteroatoms. The summed E-state index contributed by atoms with van der Waals surface area (Å²) < 4.78 is 4.65. The molecule has 104 valence electrons. The van der Waals surface area contributed by atoms with Gasteiger partial charge < -0.3 is 9.64 Å². The molecule has 0 saturated carbocycles. The second-order valence-corrected chi connectivity index (χ2v) is 3.90. The predicted molar refractivity (Wildman–Crippen MR) is 75.2 cm³/mol. The minimum atomic E-state index is -0.499. The summed E-state index contributed by atoms with van der Waals surface area (Å²) in [7, 11) is 1.28. The molecule has 0 bridgehead atoms. The van der Waals surface area contributed by atoms with Gasteiger partial charge in [0, 0.05) is 6.54 Å². The van der Waals surface area contributed by atoms with E-state index in [1.165, 1.54) is 24.1 Å². The molecule has 6 nitrogen and oxygen atoms in total. The number of nitrogens with zero attached hydrogens (tertiary/aromatic N) is 3. The number of esters is 1. The molecular weight excluding hydrogens is 258 g/mol. The number of hydrogen-bond donors (Lipinski definition) is 0. The molecule has 0 aliphatic heterocycles. The van der Waals surface area contributed by atoms with E-state index in [0.29, 0.717) is 29.9 Å². The molecule has 1 rings (SSSR count). The van der Waals surface area contributed by atoms with Crippen LogP contribution < -0.4 is 4.90 Å². The molecule has 0 atom stereocenters. The van der Waals surface area contributed by atoms with Crippen LogP contribution in [-0.4, -0.2) is 31.7 Å². The maximum atomic E-state index is 11.5. The lowest BCUT2D eigenvalue weighted by Gasteiger charge is -2.18. The Morgan fingerprint density at radius 1 is 1.55 bits per heavy atom. The van der Waals surface area contributed by atoms with Gasteiger partial charge in [0.25, 0.3) is 0 Å². The summed E-state index contributed by atoms with van der Waals surface area (Å²) in [5.41, 5.74) is 1.49. The van der Waals surface area contributed by atoms with Crippen LogP contribution in [0.25, 0.3) is 0 Å². The van der Waals surface area contributed by atoms with Crippen molar-refractivity contribution < 1.29 is 14.3 Å². The lowest BCUT2D eigenvalue weighted by Crippen LogP contribution is -2.20. The Balaban J connectivity index is 3.41. The molecular formula is C14H15N3O3. The number of rotatable bonds is 5. The number of nitriles is 1. The molecule has 0 unspecified atom stereocenters. The third-order valence-electron chi connectivity index (χ3n) is 2.62. The van der Waals surface area contributed by atoms with Gasteiger partial charge in [-0.1, -0.05) is 0 Å². The minimum Gasteiger partial charge on any atom is -0.465 e. The van der Waals surface area contributed by atoms with Gasteiger partial charge in [-0.15, -0.1) is 0 Å². The van der Waals surface area contributed by atoms with Crippen molar-refractivity contribution >= 4 is 29.5 Å². The fourth-order valence-corrected chi connectivity index (χ4v) is 1.60. The zero-order chi connectivity index (χ0) is 15.1. The quantitative estimate of drug-likeness (QED) is 0.467. The van der Waals surface area contributed by atoms with Crippen molar-refractivity contribution in [2.75, 3.05) is 18.6 Å². The van der Waals surface area contributed by atoms with Crippen molar-refractivity contribution in [3.8, 4) is 6.07 Å². The maximum absolute atomic E-state index is 11.5. The second kappa shape index (κ2) is 7.04. The monoisotopic (exact) mass is 273 g/mol. The number of methoxy groups -OCH3 is 1. The van der Waals surface area contributed by atoms with Crippen molar-refractivity contribution in [2.24, 2.45) is 4.99 Å². The fourth-order valence-electron chi connectivity index (χ4n) is 1.60. The van der Waals surface area contributed by atoms with Crippen molar-refractivity contribution in [1.29, 1.82) is 5.26 Å². The first kappa shape index (κ1) is 15.4. The van der Waals surface area contributed by atoms with Gasteiger partial charge in [0.15, 0.2) is 0 Å². The molecule has 0 aliphatic rings. The number of aliphatic imine (C=N–C) groups is 1. The molecule has 0 N–H and O–H groups in total. The van der Waals surface area contributed by atoms with Crippen molar-refractivity contribution in [3.63, 3.8) is 0 Å². The molecule has 0 aliphatic carbocycles. The van der Waals surface area contributed by atoms with Crippen LogP contribution in [0.2, 0.25) is 0 Å². The van der Waals surface area contributed by atoms with E-state index in [2.05, 4.69) is 9.73 Å². The van der Waals surface area contributed by atoms with Gasteiger partial charge in [0.2, 0.25) is 6.41 Å². The van der Waals surface area contributed by atoms with Crippen molar-refractivity contribution in [3.05, 3.63) is 23.8 Å². The minimum absolute atomic E-state index is 0.263. The highest BCUT2D eigenvalue weighted by Crippen LogP contribution is 2.29. The molecule has 1 aromatic carbocycles. The number of anilines is 1. The van der Waals surface area contributed by atoms with E-state index in [9.17, 15) is 9.59 Å². The molecule has 20 heavy (non-hydrogen) atoms. The normalized spacial score (nSPS) is 10.6. The average Bonchev–Trinajstić information content (AvgIpc) is 2.48. The van der Waals surface area contributed by atoms with Gasteiger partial charge >= 0.3 is 5.97 Å².